The number of sulfonamides is 1. The van der Waals surface area contributed by atoms with Gasteiger partial charge >= 0.3 is 0 Å². The Bertz CT molecular complexity index is 923. The molecule has 0 radical (unpaired) electrons. The minimum absolute atomic E-state index is 0.00166. The fraction of sp³-hybridized carbons (Fsp3) is 0.381. The Labute approximate surface area is 161 Å². The fourth-order valence-electron chi connectivity index (χ4n) is 3.15. The highest BCUT2D eigenvalue weighted by atomic mass is 32.2. The maximum absolute atomic E-state index is 12.7. The van der Waals surface area contributed by atoms with Gasteiger partial charge in [-0.25, -0.2) is 8.42 Å². The summed E-state index contributed by atoms with van der Waals surface area (Å²) in [5.74, 6) is -0.112. The molecule has 1 saturated heterocycles. The SMILES string of the molecule is CC(C)(C)c1ccc(NS(=O)(=O)c2cccc(C(=O)N3CCCC3)c2)cc1. The van der Waals surface area contributed by atoms with Crippen LogP contribution < -0.4 is 4.72 Å². The first-order valence-electron chi connectivity index (χ1n) is 9.19. The van der Waals surface area contributed by atoms with Crippen molar-refractivity contribution in [3.8, 4) is 0 Å². The molecule has 0 saturated carbocycles. The van der Waals surface area contributed by atoms with Gasteiger partial charge in [0.15, 0.2) is 0 Å². The molecule has 144 valence electrons. The number of carbonyl (C=O) groups is 1. The predicted octanol–water partition coefficient (Wildman–Crippen LogP) is 4.02. The zero-order valence-electron chi connectivity index (χ0n) is 16.0. The van der Waals surface area contributed by atoms with Crippen LogP contribution in [0.3, 0.4) is 0 Å². The molecule has 0 aliphatic carbocycles. The molecule has 27 heavy (non-hydrogen) atoms. The number of hydrogen-bond acceptors (Lipinski definition) is 3. The van der Waals surface area contributed by atoms with Gasteiger partial charge in [-0.15, -0.1) is 0 Å². The zero-order chi connectivity index (χ0) is 19.7. The minimum atomic E-state index is -3.76. The van der Waals surface area contributed by atoms with Crippen LogP contribution in [0.15, 0.2) is 53.4 Å². The van der Waals surface area contributed by atoms with E-state index < -0.39 is 10.0 Å². The lowest BCUT2D eigenvalue weighted by atomic mass is 9.87. The average molecular weight is 387 g/mol. The van der Waals surface area contributed by atoms with Gasteiger partial charge < -0.3 is 4.90 Å². The van der Waals surface area contributed by atoms with Crippen LogP contribution in [0.2, 0.25) is 0 Å². The number of anilines is 1. The molecule has 6 heteroatoms. The van der Waals surface area contributed by atoms with Crippen LogP contribution in [0.4, 0.5) is 5.69 Å². The molecule has 1 aliphatic heterocycles. The molecule has 5 nitrogen and oxygen atoms in total. The Hall–Kier alpha value is -2.34. The van der Waals surface area contributed by atoms with E-state index in [2.05, 4.69) is 25.5 Å². The number of nitrogens with one attached hydrogen (secondary N) is 1. The van der Waals surface area contributed by atoms with Crippen molar-refractivity contribution < 1.29 is 13.2 Å². The summed E-state index contributed by atoms with van der Waals surface area (Å²) in [6, 6.07) is 13.6. The molecular weight excluding hydrogens is 360 g/mol. The molecule has 1 aliphatic rings. The maximum atomic E-state index is 12.7. The number of rotatable bonds is 4. The van der Waals surface area contributed by atoms with Crippen molar-refractivity contribution >= 4 is 21.6 Å². The second-order valence-electron chi connectivity index (χ2n) is 7.96. The van der Waals surface area contributed by atoms with Gasteiger partial charge in [0.2, 0.25) is 0 Å². The molecule has 0 unspecified atom stereocenters. The number of benzene rings is 2. The molecule has 0 aromatic heterocycles. The first-order valence-corrected chi connectivity index (χ1v) is 10.7. The number of carbonyl (C=O) groups excluding carboxylic acids is 1. The summed E-state index contributed by atoms with van der Waals surface area (Å²) in [6.45, 7) is 7.78. The third kappa shape index (κ3) is 4.50. The Morgan fingerprint density at radius 2 is 1.63 bits per heavy atom. The van der Waals surface area contributed by atoms with E-state index in [-0.39, 0.29) is 16.2 Å². The number of nitrogens with zero attached hydrogens (tertiary/aromatic N) is 1. The first-order chi connectivity index (χ1) is 12.7. The van der Waals surface area contributed by atoms with Crippen molar-refractivity contribution in [2.45, 2.75) is 43.9 Å². The van der Waals surface area contributed by atoms with Crippen molar-refractivity contribution in [3.05, 3.63) is 59.7 Å². The lowest BCUT2D eigenvalue weighted by Gasteiger charge is -2.19. The number of hydrogen-bond donors (Lipinski definition) is 1. The molecule has 1 fully saturated rings. The Morgan fingerprint density at radius 1 is 1.00 bits per heavy atom. The van der Waals surface area contributed by atoms with Gasteiger partial charge in [0.1, 0.15) is 0 Å². The van der Waals surface area contributed by atoms with Gasteiger partial charge in [-0.1, -0.05) is 39.0 Å². The van der Waals surface area contributed by atoms with E-state index in [4.69, 9.17) is 0 Å². The Kier molecular flexibility index (Phi) is 5.29. The standard InChI is InChI=1S/C21H26N2O3S/c1-21(2,3)17-9-11-18(12-10-17)22-27(25,26)19-8-6-7-16(15-19)20(24)23-13-4-5-14-23/h6-12,15,22H,4-5,13-14H2,1-3H3. The molecule has 0 atom stereocenters. The quantitative estimate of drug-likeness (QED) is 0.863. The van der Waals surface area contributed by atoms with Crippen LogP contribution in [0, 0.1) is 0 Å². The molecule has 0 spiro atoms. The van der Waals surface area contributed by atoms with Gasteiger partial charge in [0, 0.05) is 24.3 Å². The summed E-state index contributed by atoms with van der Waals surface area (Å²) in [7, 11) is -3.76. The van der Waals surface area contributed by atoms with E-state index in [9.17, 15) is 13.2 Å². The van der Waals surface area contributed by atoms with Crippen LogP contribution in [0.5, 0.6) is 0 Å². The van der Waals surface area contributed by atoms with Crippen LogP contribution in [-0.2, 0) is 15.4 Å². The number of likely N-dealkylation sites (tertiary alicyclic amines) is 1. The molecule has 3 rings (SSSR count). The molecule has 2 aromatic rings. The van der Waals surface area contributed by atoms with Crippen molar-refractivity contribution in [1.82, 2.24) is 4.90 Å². The molecular formula is C21H26N2O3S. The third-order valence-electron chi connectivity index (χ3n) is 4.79. The normalized spacial score (nSPS) is 15.0. The second-order valence-corrected chi connectivity index (χ2v) is 9.64. The Morgan fingerprint density at radius 3 is 2.22 bits per heavy atom. The van der Waals surface area contributed by atoms with Crippen molar-refractivity contribution in [2.75, 3.05) is 17.8 Å². The van der Waals surface area contributed by atoms with Crippen LogP contribution in [0.1, 0.15) is 49.5 Å². The van der Waals surface area contributed by atoms with E-state index in [0.717, 1.165) is 31.5 Å². The van der Waals surface area contributed by atoms with Gasteiger partial charge in [-0.2, -0.15) is 0 Å². The van der Waals surface area contributed by atoms with Gasteiger partial charge in [-0.05, 0) is 54.2 Å². The highest BCUT2D eigenvalue weighted by molar-refractivity contribution is 7.92. The Balaban J connectivity index is 1.80. The second kappa shape index (κ2) is 7.35. The molecule has 1 amide bonds. The molecule has 0 bridgehead atoms. The summed E-state index contributed by atoms with van der Waals surface area (Å²) in [4.78, 5) is 14.4. The topological polar surface area (TPSA) is 66.5 Å². The summed E-state index contributed by atoms with van der Waals surface area (Å²) < 4.78 is 28.1. The molecule has 1 N–H and O–H groups in total. The predicted molar refractivity (Wildman–Crippen MR) is 108 cm³/mol. The van der Waals surface area contributed by atoms with Crippen LogP contribution in [0.25, 0.3) is 0 Å². The summed E-state index contributed by atoms with van der Waals surface area (Å²) >= 11 is 0. The van der Waals surface area contributed by atoms with Crippen LogP contribution in [-0.4, -0.2) is 32.3 Å². The van der Waals surface area contributed by atoms with E-state index >= 15 is 0 Å². The van der Waals surface area contributed by atoms with E-state index in [1.54, 1.807) is 29.2 Å². The minimum Gasteiger partial charge on any atom is -0.339 e. The highest BCUT2D eigenvalue weighted by Gasteiger charge is 2.22. The molecule has 2 aromatic carbocycles. The fourth-order valence-corrected chi connectivity index (χ4v) is 4.26. The van der Waals surface area contributed by atoms with Crippen molar-refractivity contribution in [1.29, 1.82) is 0 Å². The van der Waals surface area contributed by atoms with E-state index in [1.807, 2.05) is 12.1 Å². The van der Waals surface area contributed by atoms with E-state index in [0.29, 0.717) is 11.3 Å². The maximum Gasteiger partial charge on any atom is 0.261 e. The highest BCUT2D eigenvalue weighted by Crippen LogP contribution is 2.25. The van der Waals surface area contributed by atoms with E-state index in [1.165, 1.54) is 12.1 Å². The summed E-state index contributed by atoms with van der Waals surface area (Å²) in [6.07, 6.45) is 1.99. The average Bonchev–Trinajstić information content (AvgIpc) is 3.15. The van der Waals surface area contributed by atoms with Crippen LogP contribution >= 0.6 is 0 Å². The van der Waals surface area contributed by atoms with Crippen molar-refractivity contribution in [2.24, 2.45) is 0 Å². The monoisotopic (exact) mass is 386 g/mol. The number of amides is 1. The van der Waals surface area contributed by atoms with Gasteiger partial charge in [0.05, 0.1) is 4.90 Å². The third-order valence-corrected chi connectivity index (χ3v) is 6.17. The largest absolute Gasteiger partial charge is 0.339 e. The lowest BCUT2D eigenvalue weighted by molar-refractivity contribution is 0.0792. The zero-order valence-corrected chi connectivity index (χ0v) is 16.8. The smallest absolute Gasteiger partial charge is 0.261 e. The summed E-state index contributed by atoms with van der Waals surface area (Å²) in [5, 5.41) is 0. The molecule has 1 heterocycles. The summed E-state index contributed by atoms with van der Waals surface area (Å²) in [5.41, 5.74) is 2.03. The van der Waals surface area contributed by atoms with Gasteiger partial charge in [-0.3, -0.25) is 9.52 Å². The van der Waals surface area contributed by atoms with Gasteiger partial charge in [0.25, 0.3) is 15.9 Å². The first kappa shape index (κ1) is 19.4. The van der Waals surface area contributed by atoms with Crippen molar-refractivity contribution in [3.63, 3.8) is 0 Å². The lowest BCUT2D eigenvalue weighted by Crippen LogP contribution is -2.27.